The fraction of sp³-hybridized carbons (Fsp3) is 0.545. The zero-order valence-electron chi connectivity index (χ0n) is 17.5. The first-order valence-corrected chi connectivity index (χ1v) is 11.7. The number of hydrogen-bond acceptors (Lipinski definition) is 3. The van der Waals surface area contributed by atoms with Crippen LogP contribution in [-0.2, 0) is 10.2 Å². The molecule has 1 saturated heterocycles. The van der Waals surface area contributed by atoms with Gasteiger partial charge in [-0.15, -0.1) is 0 Å². The van der Waals surface area contributed by atoms with Crippen LogP contribution < -0.4 is 5.32 Å². The summed E-state index contributed by atoms with van der Waals surface area (Å²) in [6.07, 6.45) is 8.34. The highest BCUT2D eigenvalue weighted by molar-refractivity contribution is 7.86. The zero-order chi connectivity index (χ0) is 21.1. The van der Waals surface area contributed by atoms with Crippen molar-refractivity contribution in [1.82, 2.24) is 13.9 Å². The van der Waals surface area contributed by atoms with E-state index in [1.807, 2.05) is 0 Å². The lowest BCUT2D eigenvalue weighted by Crippen LogP contribution is -2.50. The molecule has 29 heavy (non-hydrogen) atoms. The van der Waals surface area contributed by atoms with Crippen LogP contribution in [0.1, 0.15) is 44.1 Å². The molecule has 1 aliphatic carbocycles. The molecule has 0 radical (unpaired) electrons. The smallest absolute Gasteiger partial charge is 0.281 e. The van der Waals surface area contributed by atoms with Crippen molar-refractivity contribution in [1.29, 1.82) is 0 Å². The van der Waals surface area contributed by atoms with Gasteiger partial charge in [-0.3, -0.25) is 0 Å². The van der Waals surface area contributed by atoms with Gasteiger partial charge in [0, 0.05) is 50.4 Å². The Hall–Kier alpha value is -1.70. The molecule has 160 valence electrons. The zero-order valence-corrected chi connectivity index (χ0v) is 18.3. The number of rotatable bonds is 7. The summed E-state index contributed by atoms with van der Waals surface area (Å²) in [5.41, 5.74) is 2.35. The Labute approximate surface area is 174 Å². The average molecular weight is 422 g/mol. The maximum Gasteiger partial charge on any atom is 0.281 e. The van der Waals surface area contributed by atoms with Crippen LogP contribution in [0.15, 0.2) is 42.5 Å². The molecule has 1 fully saturated rings. The molecule has 3 rings (SSSR count). The Balaban J connectivity index is 1.77. The molecule has 1 aromatic rings. The van der Waals surface area contributed by atoms with E-state index in [1.54, 1.807) is 36.6 Å². The molecule has 1 heterocycles. The summed E-state index contributed by atoms with van der Waals surface area (Å²) in [5.74, 6) is -0.289. The van der Waals surface area contributed by atoms with Gasteiger partial charge in [0.1, 0.15) is 5.82 Å². The lowest BCUT2D eigenvalue weighted by molar-refractivity contribution is 0.181. The van der Waals surface area contributed by atoms with Crippen molar-refractivity contribution < 1.29 is 12.8 Å². The molecule has 0 bridgehead atoms. The highest BCUT2D eigenvalue weighted by Crippen LogP contribution is 2.43. The Kier molecular flexibility index (Phi) is 6.81. The fourth-order valence-electron chi connectivity index (χ4n) is 4.38. The third-order valence-electron chi connectivity index (χ3n) is 6.28. The standard InChI is InChI=1S/C22H32FN3O2S/c1-18(20-11-7-8-12-21(20)23)24-17-22(19-9-5-4-6-10-19)13-15-26(16-14-22)29(27,28)25(2)3/h7-9,11-12,24H,1,4-6,10,13-17H2,2-3H3. The van der Waals surface area contributed by atoms with Gasteiger partial charge in [-0.25, -0.2) is 4.39 Å². The summed E-state index contributed by atoms with van der Waals surface area (Å²) in [5, 5.41) is 3.37. The maximum atomic E-state index is 14.1. The van der Waals surface area contributed by atoms with Gasteiger partial charge in [0.25, 0.3) is 10.2 Å². The first-order valence-electron chi connectivity index (χ1n) is 10.3. The van der Waals surface area contributed by atoms with Crippen LogP contribution in [0.5, 0.6) is 0 Å². The normalized spacial score (nSPS) is 20.3. The Morgan fingerprint density at radius 3 is 2.52 bits per heavy atom. The number of allylic oxidation sites excluding steroid dienone is 1. The van der Waals surface area contributed by atoms with Crippen LogP contribution in [0.2, 0.25) is 0 Å². The first-order chi connectivity index (χ1) is 13.8. The molecule has 7 heteroatoms. The van der Waals surface area contributed by atoms with Gasteiger partial charge in [-0.1, -0.05) is 30.4 Å². The number of piperidine rings is 1. The van der Waals surface area contributed by atoms with Crippen molar-refractivity contribution in [3.8, 4) is 0 Å². The quantitative estimate of drug-likeness (QED) is 0.682. The van der Waals surface area contributed by atoms with Crippen molar-refractivity contribution >= 4 is 15.9 Å². The topological polar surface area (TPSA) is 52.7 Å². The number of halogens is 1. The van der Waals surface area contributed by atoms with E-state index in [0.717, 1.165) is 25.7 Å². The third kappa shape index (κ3) is 4.73. The van der Waals surface area contributed by atoms with E-state index >= 15 is 0 Å². The molecule has 0 spiro atoms. The molecular formula is C22H32FN3O2S. The van der Waals surface area contributed by atoms with Gasteiger partial charge in [0.05, 0.1) is 0 Å². The Morgan fingerprint density at radius 1 is 1.24 bits per heavy atom. The molecule has 0 atom stereocenters. The minimum atomic E-state index is -3.40. The summed E-state index contributed by atoms with van der Waals surface area (Å²) in [6, 6.07) is 6.63. The summed E-state index contributed by atoms with van der Waals surface area (Å²) in [7, 11) is -0.261. The van der Waals surface area contributed by atoms with E-state index in [-0.39, 0.29) is 11.2 Å². The molecule has 0 saturated carbocycles. The van der Waals surface area contributed by atoms with Crippen LogP contribution in [-0.4, -0.2) is 50.8 Å². The monoisotopic (exact) mass is 421 g/mol. The van der Waals surface area contributed by atoms with Crippen LogP contribution in [0.25, 0.3) is 5.70 Å². The van der Waals surface area contributed by atoms with E-state index in [1.165, 1.54) is 28.8 Å². The highest BCUT2D eigenvalue weighted by Gasteiger charge is 2.41. The first kappa shape index (κ1) is 22.0. The van der Waals surface area contributed by atoms with Gasteiger partial charge in [0.15, 0.2) is 0 Å². The fourth-order valence-corrected chi connectivity index (χ4v) is 5.49. The summed E-state index contributed by atoms with van der Waals surface area (Å²) < 4.78 is 42.0. The van der Waals surface area contributed by atoms with E-state index in [0.29, 0.717) is 30.9 Å². The summed E-state index contributed by atoms with van der Waals surface area (Å²) in [6.45, 7) is 5.66. The predicted octanol–water partition coefficient (Wildman–Crippen LogP) is 3.78. The molecule has 5 nitrogen and oxygen atoms in total. The van der Waals surface area contributed by atoms with Gasteiger partial charge < -0.3 is 5.32 Å². The van der Waals surface area contributed by atoms with Crippen LogP contribution in [0, 0.1) is 11.2 Å². The Bertz CT molecular complexity index is 872. The van der Waals surface area contributed by atoms with Gasteiger partial charge >= 0.3 is 0 Å². The molecule has 0 amide bonds. The van der Waals surface area contributed by atoms with Gasteiger partial charge in [-0.2, -0.15) is 17.0 Å². The summed E-state index contributed by atoms with van der Waals surface area (Å²) in [4.78, 5) is 0. The molecule has 1 aliphatic heterocycles. The lowest BCUT2D eigenvalue weighted by Gasteiger charge is -2.44. The van der Waals surface area contributed by atoms with E-state index in [2.05, 4.69) is 18.0 Å². The number of nitrogens with zero attached hydrogens (tertiary/aromatic N) is 2. The van der Waals surface area contributed by atoms with Crippen molar-refractivity contribution in [3.63, 3.8) is 0 Å². The minimum Gasteiger partial charge on any atom is -0.384 e. The Morgan fingerprint density at radius 2 is 1.93 bits per heavy atom. The second-order valence-corrected chi connectivity index (χ2v) is 10.4. The second-order valence-electron chi connectivity index (χ2n) is 8.26. The number of benzene rings is 1. The SMILES string of the molecule is C=C(NCC1(C2=CCCCC2)CCN(S(=O)(=O)N(C)C)CC1)c1ccccc1F. The second kappa shape index (κ2) is 8.98. The lowest BCUT2D eigenvalue weighted by atomic mass is 9.69. The van der Waals surface area contributed by atoms with Gasteiger partial charge in [-0.05, 0) is 50.7 Å². The largest absolute Gasteiger partial charge is 0.384 e. The van der Waals surface area contributed by atoms with E-state index < -0.39 is 10.2 Å². The predicted molar refractivity (Wildman–Crippen MR) is 116 cm³/mol. The molecule has 1 aromatic carbocycles. The molecular weight excluding hydrogens is 389 g/mol. The average Bonchev–Trinajstić information content (AvgIpc) is 2.73. The van der Waals surface area contributed by atoms with E-state index in [9.17, 15) is 12.8 Å². The van der Waals surface area contributed by atoms with Crippen LogP contribution in [0.3, 0.4) is 0 Å². The van der Waals surface area contributed by atoms with Crippen molar-refractivity contribution in [2.75, 3.05) is 33.7 Å². The highest BCUT2D eigenvalue weighted by atomic mass is 32.2. The molecule has 0 aromatic heterocycles. The molecule has 0 unspecified atom stereocenters. The van der Waals surface area contributed by atoms with Crippen molar-refractivity contribution in [2.45, 2.75) is 38.5 Å². The van der Waals surface area contributed by atoms with Crippen molar-refractivity contribution in [2.24, 2.45) is 5.41 Å². The van der Waals surface area contributed by atoms with Crippen molar-refractivity contribution in [3.05, 3.63) is 53.9 Å². The maximum absolute atomic E-state index is 14.1. The third-order valence-corrected chi connectivity index (χ3v) is 8.22. The number of nitrogens with one attached hydrogen (secondary N) is 1. The summed E-state index contributed by atoms with van der Waals surface area (Å²) >= 11 is 0. The number of hydrogen-bond donors (Lipinski definition) is 1. The molecule has 2 aliphatic rings. The van der Waals surface area contributed by atoms with E-state index in [4.69, 9.17) is 0 Å². The van der Waals surface area contributed by atoms with Crippen LogP contribution >= 0.6 is 0 Å². The molecule has 1 N–H and O–H groups in total. The van der Waals surface area contributed by atoms with Gasteiger partial charge in [0.2, 0.25) is 0 Å². The van der Waals surface area contributed by atoms with Crippen LogP contribution in [0.4, 0.5) is 4.39 Å². The minimum absolute atomic E-state index is 0.118.